The van der Waals surface area contributed by atoms with Gasteiger partial charge in [-0.3, -0.25) is 0 Å². The van der Waals surface area contributed by atoms with Crippen LogP contribution in [0.15, 0.2) is 83.8 Å². The van der Waals surface area contributed by atoms with E-state index in [0.29, 0.717) is 0 Å². The summed E-state index contributed by atoms with van der Waals surface area (Å²) in [5, 5.41) is 10.5. The van der Waals surface area contributed by atoms with Crippen molar-refractivity contribution in [1.29, 1.82) is 0 Å². The summed E-state index contributed by atoms with van der Waals surface area (Å²) in [5.74, 6) is -4.47. The smallest absolute Gasteiger partial charge is 0.280 e. The largest absolute Gasteiger partial charge is 0.382 e. The van der Waals surface area contributed by atoms with Crippen LogP contribution < -0.4 is 0 Å². The lowest BCUT2D eigenvalue weighted by atomic mass is 9.85. The van der Waals surface area contributed by atoms with Gasteiger partial charge in [0.25, 0.3) is 5.92 Å². The van der Waals surface area contributed by atoms with Crippen LogP contribution in [0.1, 0.15) is 30.1 Å². The fourth-order valence-electron chi connectivity index (χ4n) is 4.27. The molecule has 4 nitrogen and oxygen atoms in total. The molecule has 1 fully saturated rings. The van der Waals surface area contributed by atoms with E-state index in [1.54, 1.807) is 24.3 Å². The minimum absolute atomic E-state index is 0.00384. The number of hydrogen-bond acceptors (Lipinski definition) is 3. The molecule has 4 rings (SSSR count). The van der Waals surface area contributed by atoms with Crippen molar-refractivity contribution in [1.82, 2.24) is 4.31 Å². The number of hydrogen-bond donors (Lipinski definition) is 1. The summed E-state index contributed by atoms with van der Waals surface area (Å²) in [4.78, 5) is 0.164. The summed E-state index contributed by atoms with van der Waals surface area (Å²) >= 11 is 0. The fourth-order valence-corrected chi connectivity index (χ4v) is 5.74. The third-order valence-corrected chi connectivity index (χ3v) is 8.27. The Bertz CT molecular complexity index is 1170. The van der Waals surface area contributed by atoms with Crippen molar-refractivity contribution in [3.05, 3.63) is 90.0 Å². The molecule has 1 N–H and O–H groups in total. The average Bonchev–Trinajstić information content (AvgIpc) is 2.84. The first-order valence-electron chi connectivity index (χ1n) is 11.0. The molecule has 1 aliphatic rings. The molecular weight excluding hydrogens is 444 g/mol. The number of alkyl halides is 2. The van der Waals surface area contributed by atoms with Gasteiger partial charge in [0.15, 0.2) is 0 Å². The molecule has 0 spiro atoms. The molecule has 1 aliphatic heterocycles. The summed E-state index contributed by atoms with van der Waals surface area (Å²) in [7, 11) is -3.73. The molecule has 0 saturated carbocycles. The van der Waals surface area contributed by atoms with E-state index in [-0.39, 0.29) is 36.4 Å². The van der Waals surface area contributed by atoms with E-state index in [1.807, 2.05) is 37.3 Å². The van der Waals surface area contributed by atoms with E-state index in [1.165, 1.54) is 28.6 Å². The molecule has 1 saturated heterocycles. The third kappa shape index (κ3) is 4.86. The molecular formula is C26H27F2NO3S. The predicted octanol–water partition coefficient (Wildman–Crippen LogP) is 5.43. The Kier molecular flexibility index (Phi) is 6.66. The van der Waals surface area contributed by atoms with Crippen LogP contribution >= 0.6 is 0 Å². The summed E-state index contributed by atoms with van der Waals surface area (Å²) in [5.41, 5.74) is 2.93. The molecule has 1 unspecified atom stereocenters. The predicted molar refractivity (Wildman–Crippen MR) is 124 cm³/mol. The molecule has 3 aromatic rings. The molecule has 0 amide bonds. The topological polar surface area (TPSA) is 57.6 Å². The van der Waals surface area contributed by atoms with Gasteiger partial charge in [-0.1, -0.05) is 72.3 Å². The van der Waals surface area contributed by atoms with Crippen LogP contribution in [0.4, 0.5) is 8.78 Å². The summed E-state index contributed by atoms with van der Waals surface area (Å²) in [6.07, 6.45) is -1.98. The van der Waals surface area contributed by atoms with Crippen LogP contribution in [-0.2, 0) is 10.0 Å². The average molecular weight is 472 g/mol. The lowest BCUT2D eigenvalue weighted by Crippen LogP contribution is -2.45. The molecule has 0 aromatic heterocycles. The van der Waals surface area contributed by atoms with Crippen LogP contribution in [0.3, 0.4) is 0 Å². The van der Waals surface area contributed by atoms with Crippen molar-refractivity contribution in [3.8, 4) is 11.1 Å². The summed E-state index contributed by atoms with van der Waals surface area (Å²) in [6, 6.07) is 22.6. The number of aliphatic hydroxyl groups excluding tert-OH is 1. The molecule has 1 heterocycles. The SMILES string of the molecule is Cc1ccc(S(=O)(=O)N2CCC(C(F)(F)C(O)c3ccc(-c4ccccc4)cc3)CC2)cc1. The Hall–Kier alpha value is -2.61. The van der Waals surface area contributed by atoms with Crippen LogP contribution in [0, 0.1) is 12.8 Å². The minimum atomic E-state index is -3.73. The number of aryl methyl sites for hydroxylation is 1. The number of piperidine rings is 1. The highest BCUT2D eigenvalue weighted by Crippen LogP contribution is 2.43. The lowest BCUT2D eigenvalue weighted by molar-refractivity contribution is -0.158. The third-order valence-electron chi connectivity index (χ3n) is 6.36. The molecule has 33 heavy (non-hydrogen) atoms. The fraction of sp³-hybridized carbons (Fsp3) is 0.308. The maximum Gasteiger partial charge on any atom is 0.280 e. The monoisotopic (exact) mass is 471 g/mol. The number of rotatable bonds is 6. The Morgan fingerprint density at radius 1 is 0.879 bits per heavy atom. The van der Waals surface area contributed by atoms with Crippen molar-refractivity contribution >= 4 is 10.0 Å². The highest BCUT2D eigenvalue weighted by atomic mass is 32.2. The van der Waals surface area contributed by atoms with Gasteiger partial charge in [-0.25, -0.2) is 17.2 Å². The van der Waals surface area contributed by atoms with Gasteiger partial charge >= 0.3 is 0 Å². The van der Waals surface area contributed by atoms with E-state index >= 15 is 8.78 Å². The first-order chi connectivity index (χ1) is 15.7. The van der Waals surface area contributed by atoms with E-state index < -0.39 is 28.0 Å². The minimum Gasteiger partial charge on any atom is -0.382 e. The maximum absolute atomic E-state index is 15.2. The number of halogens is 2. The van der Waals surface area contributed by atoms with Crippen molar-refractivity contribution in [3.63, 3.8) is 0 Å². The number of aliphatic hydroxyl groups is 1. The second-order valence-electron chi connectivity index (χ2n) is 8.56. The van der Waals surface area contributed by atoms with E-state index in [4.69, 9.17) is 0 Å². The molecule has 7 heteroatoms. The second-order valence-corrected chi connectivity index (χ2v) is 10.5. The Morgan fingerprint density at radius 3 is 2.00 bits per heavy atom. The first-order valence-corrected chi connectivity index (χ1v) is 12.4. The van der Waals surface area contributed by atoms with Gasteiger partial charge in [0, 0.05) is 19.0 Å². The van der Waals surface area contributed by atoms with Crippen LogP contribution in [0.25, 0.3) is 11.1 Å². The van der Waals surface area contributed by atoms with Gasteiger partial charge in [0.1, 0.15) is 6.10 Å². The number of nitrogens with zero attached hydrogens (tertiary/aromatic N) is 1. The molecule has 0 radical (unpaired) electrons. The quantitative estimate of drug-likeness (QED) is 0.521. The zero-order chi connectivity index (χ0) is 23.6. The van der Waals surface area contributed by atoms with Gasteiger partial charge in [-0.05, 0) is 48.6 Å². The van der Waals surface area contributed by atoms with Gasteiger partial charge in [0.2, 0.25) is 10.0 Å². The Morgan fingerprint density at radius 2 is 1.42 bits per heavy atom. The van der Waals surface area contributed by atoms with Crippen LogP contribution in [0.5, 0.6) is 0 Å². The number of sulfonamides is 1. The second kappa shape index (κ2) is 9.33. The normalized spacial score (nSPS) is 17.1. The Labute approximate surface area is 193 Å². The zero-order valence-corrected chi connectivity index (χ0v) is 19.2. The van der Waals surface area contributed by atoms with Crippen molar-refractivity contribution in [2.75, 3.05) is 13.1 Å². The molecule has 3 aromatic carbocycles. The van der Waals surface area contributed by atoms with Gasteiger partial charge in [-0.15, -0.1) is 0 Å². The van der Waals surface area contributed by atoms with Crippen molar-refractivity contribution in [2.24, 2.45) is 5.92 Å². The molecule has 174 valence electrons. The van der Waals surface area contributed by atoms with Gasteiger partial charge in [-0.2, -0.15) is 4.31 Å². The van der Waals surface area contributed by atoms with E-state index in [0.717, 1.165) is 16.7 Å². The summed E-state index contributed by atoms with van der Waals surface area (Å²) < 4.78 is 57.3. The first kappa shape index (κ1) is 23.5. The number of benzene rings is 3. The Balaban J connectivity index is 1.43. The van der Waals surface area contributed by atoms with E-state index in [9.17, 15) is 13.5 Å². The van der Waals surface area contributed by atoms with Crippen LogP contribution in [-0.4, -0.2) is 36.8 Å². The van der Waals surface area contributed by atoms with Crippen LogP contribution in [0.2, 0.25) is 0 Å². The highest BCUT2D eigenvalue weighted by Gasteiger charge is 2.48. The molecule has 0 aliphatic carbocycles. The van der Waals surface area contributed by atoms with Gasteiger partial charge in [0.05, 0.1) is 4.90 Å². The molecule has 1 atom stereocenters. The van der Waals surface area contributed by atoms with E-state index in [2.05, 4.69) is 0 Å². The van der Waals surface area contributed by atoms with Crippen molar-refractivity contribution in [2.45, 2.75) is 36.7 Å². The standard InChI is InChI=1S/C26H27F2NO3S/c1-19-7-13-24(14-8-19)33(31,32)29-17-15-23(16-18-29)26(27,28)25(30)22-11-9-21(10-12-22)20-5-3-2-4-6-20/h2-14,23,25,30H,15-18H2,1H3. The zero-order valence-electron chi connectivity index (χ0n) is 18.4. The maximum atomic E-state index is 15.2. The summed E-state index contributed by atoms with van der Waals surface area (Å²) in [6.45, 7) is 1.86. The highest BCUT2D eigenvalue weighted by molar-refractivity contribution is 7.89. The van der Waals surface area contributed by atoms with Crippen molar-refractivity contribution < 1.29 is 22.3 Å². The molecule has 0 bridgehead atoms. The lowest BCUT2D eigenvalue weighted by Gasteiger charge is -2.37. The van der Waals surface area contributed by atoms with Gasteiger partial charge < -0.3 is 5.11 Å².